The number of nitrogens with zero attached hydrogens (tertiary/aromatic N) is 1. The molecule has 0 bridgehead atoms. The molecule has 0 spiro atoms. The number of fused-ring (bicyclic) bond motifs is 1. The molecule has 0 radical (unpaired) electrons. The van der Waals surface area contributed by atoms with Crippen LogP contribution in [-0.4, -0.2) is 77.3 Å². The molecule has 4 atom stereocenters. The van der Waals surface area contributed by atoms with Crippen LogP contribution in [0.25, 0.3) is 11.6 Å². The number of halogens is 1. The molecule has 2 aliphatic rings. The molecular formula is C49H56FNO8Si. The van der Waals surface area contributed by atoms with Crippen LogP contribution >= 0.6 is 0 Å². The molecule has 1 heterocycles. The number of carboxylic acids is 1. The molecule has 1 aliphatic heterocycles. The summed E-state index contributed by atoms with van der Waals surface area (Å²) in [7, 11) is -3.11. The third-order valence-corrected chi connectivity index (χ3v) is 17.1. The van der Waals surface area contributed by atoms with Gasteiger partial charge in [0.1, 0.15) is 0 Å². The fraction of sp³-hybridized carbons (Fsp3) is 0.367. The van der Waals surface area contributed by atoms with Crippen LogP contribution < -0.4 is 10.4 Å². The molecule has 9 nitrogen and oxygen atoms in total. The first-order chi connectivity index (χ1) is 28.8. The van der Waals surface area contributed by atoms with E-state index in [9.17, 15) is 34.1 Å². The summed E-state index contributed by atoms with van der Waals surface area (Å²) in [5.74, 6) is -5.32. The number of aliphatic hydroxyl groups excluding tert-OH is 2. The zero-order valence-electron chi connectivity index (χ0n) is 34.6. The molecule has 2 amide bonds. The van der Waals surface area contributed by atoms with E-state index in [2.05, 4.69) is 45.0 Å². The van der Waals surface area contributed by atoms with Gasteiger partial charge in [0, 0.05) is 18.9 Å². The van der Waals surface area contributed by atoms with Crippen LogP contribution in [-0.2, 0) is 18.8 Å². The highest BCUT2D eigenvalue weighted by Crippen LogP contribution is 2.47. The van der Waals surface area contributed by atoms with Gasteiger partial charge in [-0.25, -0.2) is 4.39 Å². The number of rotatable bonds is 18. The molecule has 4 aromatic carbocycles. The number of amides is 2. The quantitative estimate of drug-likeness (QED) is 0.0268. The minimum absolute atomic E-state index is 0.00654. The van der Waals surface area contributed by atoms with Crippen molar-refractivity contribution in [2.75, 3.05) is 19.8 Å². The van der Waals surface area contributed by atoms with Gasteiger partial charge in [-0.05, 0) is 87.5 Å². The van der Waals surface area contributed by atoms with E-state index >= 15 is 0 Å². The lowest BCUT2D eigenvalue weighted by Crippen LogP contribution is -2.66. The van der Waals surface area contributed by atoms with E-state index in [4.69, 9.17) is 9.53 Å². The number of carbonyl (C=O) groups excluding carboxylic acids is 2. The number of imide groups is 1. The first-order valence-corrected chi connectivity index (χ1v) is 22.7. The Bertz CT molecular complexity index is 2150. The van der Waals surface area contributed by atoms with Gasteiger partial charge in [0.2, 0.25) is 11.8 Å². The number of phenols is 1. The van der Waals surface area contributed by atoms with Crippen molar-refractivity contribution < 1.29 is 43.6 Å². The number of hydrogen-bond acceptors (Lipinski definition) is 7. The van der Waals surface area contributed by atoms with Gasteiger partial charge in [-0.15, -0.1) is 0 Å². The maximum absolute atomic E-state index is 14.5. The Balaban J connectivity index is 1.40. The first kappa shape index (κ1) is 44.4. The third kappa shape index (κ3) is 9.55. The number of carboxylic acid groups (broad SMARTS) is 1. The zero-order chi connectivity index (χ0) is 43.0. The molecular weight excluding hydrogens is 778 g/mol. The van der Waals surface area contributed by atoms with Crippen molar-refractivity contribution in [2.45, 2.75) is 76.9 Å². The lowest BCUT2D eigenvalue weighted by atomic mass is 9.68. The fourth-order valence-electron chi connectivity index (χ4n) is 9.27. The van der Waals surface area contributed by atoms with E-state index in [1.165, 1.54) is 17.0 Å². The number of likely N-dealkylation sites (tertiary alicyclic amines) is 1. The highest BCUT2D eigenvalue weighted by Gasteiger charge is 2.56. The first-order valence-electron chi connectivity index (χ1n) is 20.8. The van der Waals surface area contributed by atoms with Crippen molar-refractivity contribution in [2.24, 2.45) is 17.8 Å². The fourth-order valence-corrected chi connectivity index (χ4v) is 13.8. The lowest BCUT2D eigenvalue weighted by Gasteiger charge is -2.44. The zero-order valence-corrected chi connectivity index (χ0v) is 35.6. The number of carbonyl (C=O) groups is 3. The van der Waals surface area contributed by atoms with Crippen LogP contribution in [0.2, 0.25) is 5.04 Å². The second-order valence-electron chi connectivity index (χ2n) is 17.0. The van der Waals surface area contributed by atoms with E-state index in [-0.39, 0.29) is 43.4 Å². The van der Waals surface area contributed by atoms with Crippen LogP contribution in [0.3, 0.4) is 0 Å². The summed E-state index contributed by atoms with van der Waals surface area (Å²) in [5, 5.41) is 44.2. The van der Waals surface area contributed by atoms with E-state index in [0.29, 0.717) is 42.4 Å². The molecule has 0 saturated carbocycles. The smallest absolute Gasteiger partial charge is 0.303 e. The summed E-state index contributed by atoms with van der Waals surface area (Å²) in [5.41, 5.74) is 3.39. The van der Waals surface area contributed by atoms with Crippen LogP contribution in [0.1, 0.15) is 76.8 Å². The van der Waals surface area contributed by atoms with Crippen molar-refractivity contribution in [1.29, 1.82) is 0 Å². The van der Waals surface area contributed by atoms with Gasteiger partial charge >= 0.3 is 5.97 Å². The number of unbranched alkanes of at least 4 members (excludes halogenated alkanes) is 2. The van der Waals surface area contributed by atoms with Gasteiger partial charge in [0.25, 0.3) is 8.32 Å². The normalized spacial score (nSPS) is 19.1. The maximum atomic E-state index is 14.5. The summed E-state index contributed by atoms with van der Waals surface area (Å²) < 4.78 is 21.8. The van der Waals surface area contributed by atoms with Crippen molar-refractivity contribution in [1.82, 2.24) is 4.90 Å². The second kappa shape index (κ2) is 19.5. The van der Waals surface area contributed by atoms with Crippen LogP contribution in [0.5, 0.6) is 5.75 Å². The van der Waals surface area contributed by atoms with Crippen molar-refractivity contribution >= 4 is 48.1 Å². The Morgan fingerprint density at radius 2 is 1.50 bits per heavy atom. The minimum Gasteiger partial charge on any atom is -0.505 e. The second-order valence-corrected chi connectivity index (χ2v) is 21.3. The summed E-state index contributed by atoms with van der Waals surface area (Å²) in [4.78, 5) is 40.7. The Morgan fingerprint density at radius 1 is 0.883 bits per heavy atom. The van der Waals surface area contributed by atoms with Crippen molar-refractivity contribution in [3.8, 4) is 5.75 Å². The number of aliphatic carboxylic acids is 1. The number of aliphatic hydroxyl groups is 2. The van der Waals surface area contributed by atoms with Gasteiger partial charge in [-0.2, -0.15) is 0 Å². The summed E-state index contributed by atoms with van der Waals surface area (Å²) >= 11 is 0. The van der Waals surface area contributed by atoms with Gasteiger partial charge in [0.15, 0.2) is 11.6 Å². The van der Waals surface area contributed by atoms with Gasteiger partial charge in [-0.1, -0.05) is 130 Å². The minimum atomic E-state index is -3.11. The SMILES string of the molecule is CC(C)(C)[Si](OCC1=C([C@H](O)CC/C(=C/c2ccc(O)c(F)c2)c2ccccc2)[C@H](CO)[C@@H]2C(=O)N(CCCCCC(=O)O)C(=O)[C@@H]2C1)(c1ccccc1)c1ccccc1. The number of hydrogen-bond donors (Lipinski definition) is 4. The summed E-state index contributed by atoms with van der Waals surface area (Å²) in [6.45, 7) is 6.24. The van der Waals surface area contributed by atoms with E-state index < -0.39 is 62.2 Å². The molecule has 1 saturated heterocycles. The van der Waals surface area contributed by atoms with Crippen LogP contribution in [0.4, 0.5) is 4.39 Å². The van der Waals surface area contributed by atoms with Gasteiger partial charge in [-0.3, -0.25) is 19.3 Å². The molecule has 4 aromatic rings. The molecule has 60 heavy (non-hydrogen) atoms. The monoisotopic (exact) mass is 833 g/mol. The van der Waals surface area contributed by atoms with Gasteiger partial charge in [0.05, 0.1) is 31.2 Å². The molecule has 1 aliphatic carbocycles. The average Bonchev–Trinajstić information content (AvgIpc) is 3.47. The third-order valence-electron chi connectivity index (χ3n) is 12.1. The molecule has 0 aromatic heterocycles. The predicted molar refractivity (Wildman–Crippen MR) is 233 cm³/mol. The number of phenolic OH excluding ortho intramolecular Hbond substituents is 1. The number of aromatic hydroxyl groups is 1. The van der Waals surface area contributed by atoms with E-state index in [0.717, 1.165) is 21.5 Å². The molecule has 1 fully saturated rings. The summed E-state index contributed by atoms with van der Waals surface area (Å²) in [6.07, 6.45) is 2.80. The topological polar surface area (TPSA) is 145 Å². The Kier molecular flexibility index (Phi) is 14.4. The van der Waals surface area contributed by atoms with Crippen LogP contribution in [0.15, 0.2) is 120 Å². The highest BCUT2D eigenvalue weighted by molar-refractivity contribution is 6.99. The summed E-state index contributed by atoms with van der Waals surface area (Å²) in [6, 6.07) is 34.0. The number of allylic oxidation sites excluding steroid dienone is 1. The van der Waals surface area contributed by atoms with E-state index in [1.807, 2.05) is 72.8 Å². The Morgan fingerprint density at radius 3 is 2.07 bits per heavy atom. The predicted octanol–water partition coefficient (Wildman–Crippen LogP) is 7.34. The molecule has 11 heteroatoms. The van der Waals surface area contributed by atoms with Crippen molar-refractivity contribution in [3.63, 3.8) is 0 Å². The Hall–Kier alpha value is -5.20. The lowest BCUT2D eigenvalue weighted by molar-refractivity contribution is -0.141. The maximum Gasteiger partial charge on any atom is 0.303 e. The van der Waals surface area contributed by atoms with Gasteiger partial charge < -0.3 is 24.9 Å². The van der Waals surface area contributed by atoms with E-state index in [1.54, 1.807) is 6.07 Å². The largest absolute Gasteiger partial charge is 0.505 e. The standard InChI is InChI=1S/C49H56FNO8Si/c1-49(2,3)60(37-18-10-5-11-19-37,38-20-12-6-13-21-38)59-32-36-30-39-46(48(58)51(47(39)57)27-15-7-14-22-44(55)56)40(31-52)45(36)43(54)26-24-35(34-16-8-4-9-17-34)28-33-23-25-42(53)41(50)29-33/h4-6,8-13,16-21,23,25,28-29,39-40,43,46,52-54H,7,14-15,22,24,26-27,30-32H2,1-3H3,(H,55,56)/b35-28-/t39-,40+,43-,46-/m1/s1. The van der Waals surface area contributed by atoms with Crippen LogP contribution in [0, 0.1) is 23.6 Å². The highest BCUT2D eigenvalue weighted by atomic mass is 28.4. The molecule has 4 N–H and O–H groups in total. The van der Waals surface area contributed by atoms with Crippen molar-refractivity contribution in [3.05, 3.63) is 137 Å². The Labute approximate surface area is 353 Å². The molecule has 316 valence electrons. The number of benzene rings is 4. The average molecular weight is 834 g/mol. The molecule has 0 unspecified atom stereocenters. The molecule has 6 rings (SSSR count).